The van der Waals surface area contributed by atoms with Crippen molar-refractivity contribution in [3.63, 3.8) is 0 Å². The number of tetrazole rings is 1. The third kappa shape index (κ3) is 4.33. The van der Waals surface area contributed by atoms with E-state index in [2.05, 4.69) is 20.4 Å². The van der Waals surface area contributed by atoms with Crippen molar-refractivity contribution in [2.45, 2.75) is 12.5 Å². The average molecular weight is 572 g/mol. The Morgan fingerprint density at radius 2 is 1.74 bits per heavy atom. The monoisotopic (exact) mass is 571 g/mol. The molecule has 216 valence electrons. The highest BCUT2D eigenvalue weighted by molar-refractivity contribution is 5.95. The summed E-state index contributed by atoms with van der Waals surface area (Å²) >= 11 is 0. The topological polar surface area (TPSA) is 128 Å². The Hall–Kier alpha value is -4.91. The fourth-order valence-electron chi connectivity index (χ4n) is 5.90. The highest BCUT2D eigenvalue weighted by atomic mass is 16.7. The fourth-order valence-corrected chi connectivity index (χ4v) is 5.90. The van der Waals surface area contributed by atoms with Gasteiger partial charge in [-0.05, 0) is 71.9 Å². The molecule has 4 aromatic rings. The largest absolute Gasteiger partial charge is 0.492 e. The van der Waals surface area contributed by atoms with Gasteiger partial charge in [0.15, 0.2) is 23.1 Å². The van der Waals surface area contributed by atoms with Gasteiger partial charge < -0.3 is 28.4 Å². The second-order valence-corrected chi connectivity index (χ2v) is 10.4. The zero-order valence-corrected chi connectivity index (χ0v) is 23.2. The van der Waals surface area contributed by atoms with Crippen molar-refractivity contribution in [2.24, 2.45) is 0 Å². The number of carbonyl (C=O) groups is 2. The van der Waals surface area contributed by atoms with Crippen LogP contribution in [-0.4, -0.2) is 100 Å². The van der Waals surface area contributed by atoms with Crippen molar-refractivity contribution in [1.82, 2.24) is 34.9 Å². The van der Waals surface area contributed by atoms with Crippen LogP contribution in [0.2, 0.25) is 0 Å². The number of carbonyl (C=O) groups excluding carboxylic acids is 2. The first-order valence-corrected chi connectivity index (χ1v) is 13.7. The molecular weight excluding hydrogens is 542 g/mol. The lowest BCUT2D eigenvalue weighted by atomic mass is 9.90. The highest BCUT2D eigenvalue weighted by Crippen LogP contribution is 2.50. The van der Waals surface area contributed by atoms with Crippen molar-refractivity contribution in [3.05, 3.63) is 77.0 Å². The van der Waals surface area contributed by atoms with Crippen LogP contribution in [-0.2, 0) is 6.42 Å². The van der Waals surface area contributed by atoms with E-state index in [1.165, 1.54) is 6.26 Å². The molecule has 0 spiro atoms. The van der Waals surface area contributed by atoms with Gasteiger partial charge in [0, 0.05) is 43.9 Å². The molecule has 0 saturated carbocycles. The number of hydrogen-bond acceptors (Lipinski definition) is 10. The average Bonchev–Trinajstić information content (AvgIpc) is 3.82. The Bertz CT molecular complexity index is 1630. The van der Waals surface area contributed by atoms with Gasteiger partial charge in [-0.25, -0.2) is 0 Å². The minimum atomic E-state index is -0.297. The van der Waals surface area contributed by atoms with Gasteiger partial charge >= 0.3 is 0 Å². The number of methoxy groups -OCH3 is 1. The summed E-state index contributed by atoms with van der Waals surface area (Å²) in [5.41, 5.74) is 3.32. The molecule has 1 atom stereocenters. The molecule has 1 fully saturated rings. The molecule has 0 aliphatic carbocycles. The molecular formula is C29H29N7O6. The molecule has 0 radical (unpaired) electrons. The van der Waals surface area contributed by atoms with E-state index in [1.807, 2.05) is 25.2 Å². The van der Waals surface area contributed by atoms with Crippen LogP contribution in [0.3, 0.4) is 0 Å². The van der Waals surface area contributed by atoms with Crippen LogP contribution in [0.25, 0.3) is 5.69 Å². The highest BCUT2D eigenvalue weighted by Gasteiger charge is 2.38. The number of nitrogens with zero attached hydrogens (tertiary/aromatic N) is 7. The van der Waals surface area contributed by atoms with Gasteiger partial charge in [-0.15, -0.1) is 5.10 Å². The lowest BCUT2D eigenvalue weighted by molar-refractivity contribution is 0.0518. The minimum Gasteiger partial charge on any atom is -0.492 e. The quantitative estimate of drug-likeness (QED) is 0.352. The zero-order chi connectivity index (χ0) is 28.8. The molecule has 2 aromatic carbocycles. The van der Waals surface area contributed by atoms with E-state index in [4.69, 9.17) is 18.6 Å². The summed E-state index contributed by atoms with van der Waals surface area (Å²) in [5.74, 6) is 2.56. The molecule has 13 heteroatoms. The Labute approximate surface area is 241 Å². The number of amides is 2. The lowest BCUT2D eigenvalue weighted by Gasteiger charge is -2.35. The van der Waals surface area contributed by atoms with Gasteiger partial charge in [-0.3, -0.25) is 14.5 Å². The van der Waals surface area contributed by atoms with Crippen molar-refractivity contribution in [1.29, 1.82) is 0 Å². The van der Waals surface area contributed by atoms with Crippen LogP contribution in [0, 0.1) is 0 Å². The molecule has 0 N–H and O–H groups in total. The summed E-state index contributed by atoms with van der Waals surface area (Å²) in [7, 11) is 3.65. The Kier molecular flexibility index (Phi) is 6.50. The summed E-state index contributed by atoms with van der Waals surface area (Å²) in [4.78, 5) is 31.5. The van der Waals surface area contributed by atoms with Crippen LogP contribution >= 0.6 is 0 Å². The smallest absolute Gasteiger partial charge is 0.289 e. The van der Waals surface area contributed by atoms with Gasteiger partial charge in [0.05, 0.1) is 19.1 Å². The molecule has 1 saturated heterocycles. The number of hydrogen-bond donors (Lipinski definition) is 0. The number of benzene rings is 2. The molecule has 3 aliphatic heterocycles. The standard InChI is InChI=1S/C29H29N7O6/c1-33-10-9-19-16-22-25(42-17-41-22)26(39-2)23(19)24(33)27-30-31-32-36(27)20-7-5-18(6-8-20)28(37)34-11-13-35(14-12-34)29(38)21-4-3-15-40-21/h3-8,15-16,24H,9-14,17H2,1-2H3. The van der Waals surface area contributed by atoms with E-state index < -0.39 is 0 Å². The first-order chi connectivity index (χ1) is 20.5. The summed E-state index contributed by atoms with van der Waals surface area (Å²) in [6.45, 7) is 2.71. The molecule has 2 amide bonds. The molecule has 2 aromatic heterocycles. The number of likely N-dealkylation sites (N-methyl/N-ethyl adjacent to an activating group) is 1. The Morgan fingerprint density at radius 1 is 0.976 bits per heavy atom. The third-order valence-corrected chi connectivity index (χ3v) is 8.08. The van der Waals surface area contributed by atoms with Crippen LogP contribution < -0.4 is 14.2 Å². The Balaban J connectivity index is 1.11. The summed E-state index contributed by atoms with van der Waals surface area (Å²) < 4.78 is 24.1. The van der Waals surface area contributed by atoms with E-state index in [0.717, 1.165) is 29.8 Å². The van der Waals surface area contributed by atoms with Gasteiger partial charge in [-0.1, -0.05) is 0 Å². The van der Waals surface area contributed by atoms with Crippen molar-refractivity contribution >= 4 is 11.8 Å². The maximum Gasteiger partial charge on any atom is 0.289 e. The molecule has 0 bridgehead atoms. The van der Waals surface area contributed by atoms with E-state index in [9.17, 15) is 9.59 Å². The van der Waals surface area contributed by atoms with E-state index in [-0.39, 0.29) is 24.6 Å². The zero-order valence-electron chi connectivity index (χ0n) is 23.2. The van der Waals surface area contributed by atoms with Crippen molar-refractivity contribution in [2.75, 3.05) is 53.7 Å². The van der Waals surface area contributed by atoms with Crippen LogP contribution in [0.1, 0.15) is 43.9 Å². The van der Waals surface area contributed by atoms with Gasteiger partial charge in [-0.2, -0.15) is 4.68 Å². The summed E-state index contributed by atoms with van der Waals surface area (Å²) in [6, 6.07) is 12.3. The normalized spacial score (nSPS) is 18.2. The third-order valence-electron chi connectivity index (χ3n) is 8.08. The number of aromatic nitrogens is 4. The maximum atomic E-state index is 13.3. The maximum absolute atomic E-state index is 13.3. The number of ether oxygens (including phenoxy) is 3. The van der Waals surface area contributed by atoms with E-state index >= 15 is 0 Å². The molecule has 5 heterocycles. The molecule has 1 unspecified atom stereocenters. The number of rotatable bonds is 5. The molecule has 7 rings (SSSR count). The second kappa shape index (κ2) is 10.5. The molecule has 42 heavy (non-hydrogen) atoms. The number of furan rings is 1. The van der Waals surface area contributed by atoms with E-state index in [0.29, 0.717) is 60.6 Å². The first kappa shape index (κ1) is 26.0. The van der Waals surface area contributed by atoms with Crippen LogP contribution in [0.15, 0.2) is 53.1 Å². The summed E-state index contributed by atoms with van der Waals surface area (Å²) in [6.07, 6.45) is 2.30. The predicted octanol–water partition coefficient (Wildman–Crippen LogP) is 2.17. The number of piperazine rings is 1. The lowest BCUT2D eigenvalue weighted by Crippen LogP contribution is -2.50. The summed E-state index contributed by atoms with van der Waals surface area (Å²) in [5, 5.41) is 12.7. The van der Waals surface area contributed by atoms with Crippen LogP contribution in [0.4, 0.5) is 0 Å². The second-order valence-electron chi connectivity index (χ2n) is 10.4. The van der Waals surface area contributed by atoms with Crippen molar-refractivity contribution in [3.8, 4) is 22.9 Å². The predicted molar refractivity (Wildman–Crippen MR) is 147 cm³/mol. The fraction of sp³-hybridized carbons (Fsp3) is 0.345. The molecule has 3 aliphatic rings. The van der Waals surface area contributed by atoms with Gasteiger partial charge in [0.2, 0.25) is 12.5 Å². The van der Waals surface area contributed by atoms with Crippen LogP contribution in [0.5, 0.6) is 17.2 Å². The Morgan fingerprint density at radius 3 is 2.45 bits per heavy atom. The van der Waals surface area contributed by atoms with Crippen molar-refractivity contribution < 1.29 is 28.2 Å². The van der Waals surface area contributed by atoms with E-state index in [1.54, 1.807) is 45.9 Å². The number of fused-ring (bicyclic) bond motifs is 2. The molecule has 13 nitrogen and oxygen atoms in total. The SMILES string of the molecule is COc1c2c(cc3c1C(c1nnnn1-c1ccc(C(=O)N4CCN(C(=O)c5ccco5)CC4)cc1)N(C)CC3)OCO2. The minimum absolute atomic E-state index is 0.0923. The van der Waals surface area contributed by atoms with Gasteiger partial charge in [0.25, 0.3) is 11.8 Å². The first-order valence-electron chi connectivity index (χ1n) is 13.7. The van der Waals surface area contributed by atoms with Gasteiger partial charge in [0.1, 0.15) is 6.04 Å².